The third-order valence-corrected chi connectivity index (χ3v) is 2.67. The van der Waals surface area contributed by atoms with E-state index >= 15 is 0 Å². The minimum Gasteiger partial charge on any atom is -0.492 e. The van der Waals surface area contributed by atoms with Crippen molar-refractivity contribution in [1.82, 2.24) is 0 Å². The van der Waals surface area contributed by atoms with Crippen LogP contribution in [-0.4, -0.2) is 32.9 Å². The van der Waals surface area contributed by atoms with Gasteiger partial charge < -0.3 is 20.1 Å². The van der Waals surface area contributed by atoms with Gasteiger partial charge in [-0.1, -0.05) is 0 Å². The van der Waals surface area contributed by atoms with Gasteiger partial charge in [-0.25, -0.2) is 0 Å². The molecule has 0 saturated carbocycles. The van der Waals surface area contributed by atoms with Crippen molar-refractivity contribution in [3.63, 3.8) is 0 Å². The highest BCUT2D eigenvalue weighted by molar-refractivity contribution is 5.63. The molecule has 0 radical (unpaired) electrons. The number of nitrogens with zero attached hydrogens (tertiary/aromatic N) is 1. The zero-order valence-electron chi connectivity index (χ0n) is 9.61. The maximum atomic E-state index is 5.93. The van der Waals surface area contributed by atoms with Crippen molar-refractivity contribution in [2.45, 2.75) is 6.92 Å². The van der Waals surface area contributed by atoms with Gasteiger partial charge in [-0.05, 0) is 25.1 Å². The smallest absolute Gasteiger partial charge is 0.142 e. The topological polar surface area (TPSA) is 47.7 Å². The predicted octanol–water partition coefficient (Wildman–Crippen LogP) is 1.50. The molecule has 1 heterocycles. The average Bonchev–Trinajstić information content (AvgIpc) is 2.33. The summed E-state index contributed by atoms with van der Waals surface area (Å²) < 4.78 is 10.7. The summed E-state index contributed by atoms with van der Waals surface area (Å²) in [7, 11) is 0. The lowest BCUT2D eigenvalue weighted by molar-refractivity contribution is 0.122. The first kappa shape index (κ1) is 11.1. The molecule has 1 aromatic carbocycles. The average molecular weight is 222 g/mol. The minimum absolute atomic E-state index is 0.640. The molecule has 1 aliphatic rings. The molecule has 0 bridgehead atoms. The van der Waals surface area contributed by atoms with Gasteiger partial charge in [-0.2, -0.15) is 0 Å². The number of anilines is 2. The fourth-order valence-electron chi connectivity index (χ4n) is 1.84. The Kier molecular flexibility index (Phi) is 3.51. The van der Waals surface area contributed by atoms with E-state index in [-0.39, 0.29) is 0 Å². The van der Waals surface area contributed by atoms with Crippen LogP contribution in [0.2, 0.25) is 0 Å². The summed E-state index contributed by atoms with van der Waals surface area (Å²) in [5.41, 5.74) is 7.77. The Hall–Kier alpha value is -1.42. The Bertz CT molecular complexity index is 349. The monoisotopic (exact) mass is 222 g/mol. The molecule has 0 amide bonds. The van der Waals surface area contributed by atoms with Gasteiger partial charge in [0.15, 0.2) is 0 Å². The van der Waals surface area contributed by atoms with E-state index in [1.165, 1.54) is 0 Å². The van der Waals surface area contributed by atoms with Gasteiger partial charge >= 0.3 is 0 Å². The highest BCUT2D eigenvalue weighted by Gasteiger charge is 2.12. The van der Waals surface area contributed by atoms with E-state index in [0.717, 1.165) is 37.7 Å². The number of morpholine rings is 1. The molecule has 4 nitrogen and oxygen atoms in total. The third kappa shape index (κ3) is 2.39. The molecule has 1 aliphatic heterocycles. The Morgan fingerprint density at radius 2 is 2.12 bits per heavy atom. The number of hydrogen-bond donors (Lipinski definition) is 1. The third-order valence-electron chi connectivity index (χ3n) is 2.67. The number of benzene rings is 1. The zero-order chi connectivity index (χ0) is 11.4. The Balaban J connectivity index is 2.13. The van der Waals surface area contributed by atoms with Crippen molar-refractivity contribution in [3.05, 3.63) is 18.2 Å². The van der Waals surface area contributed by atoms with Gasteiger partial charge in [0.25, 0.3) is 0 Å². The number of nitrogen functional groups attached to an aromatic ring is 1. The van der Waals surface area contributed by atoms with E-state index in [0.29, 0.717) is 12.3 Å². The maximum absolute atomic E-state index is 5.93. The lowest BCUT2D eigenvalue weighted by Crippen LogP contribution is -2.36. The second-order valence-electron chi connectivity index (χ2n) is 3.75. The van der Waals surface area contributed by atoms with Gasteiger partial charge in [0.05, 0.1) is 25.5 Å². The molecule has 0 atom stereocenters. The van der Waals surface area contributed by atoms with Gasteiger partial charge in [0.2, 0.25) is 0 Å². The van der Waals surface area contributed by atoms with E-state index in [4.69, 9.17) is 15.2 Å². The molecule has 0 spiro atoms. The van der Waals surface area contributed by atoms with Gasteiger partial charge in [0.1, 0.15) is 5.75 Å². The molecule has 2 rings (SSSR count). The first-order valence-electron chi connectivity index (χ1n) is 5.66. The summed E-state index contributed by atoms with van der Waals surface area (Å²) in [5.74, 6) is 0.763. The van der Waals surface area contributed by atoms with Crippen LogP contribution in [-0.2, 0) is 4.74 Å². The van der Waals surface area contributed by atoms with Crippen molar-refractivity contribution >= 4 is 11.4 Å². The summed E-state index contributed by atoms with van der Waals surface area (Å²) in [4.78, 5) is 2.27. The molecule has 0 aromatic heterocycles. The van der Waals surface area contributed by atoms with Crippen LogP contribution in [0.25, 0.3) is 0 Å². The van der Waals surface area contributed by atoms with E-state index < -0.39 is 0 Å². The molecule has 16 heavy (non-hydrogen) atoms. The first-order valence-corrected chi connectivity index (χ1v) is 5.66. The number of ether oxygens (including phenoxy) is 2. The lowest BCUT2D eigenvalue weighted by Gasteiger charge is -2.29. The van der Waals surface area contributed by atoms with E-state index in [2.05, 4.69) is 4.90 Å². The SMILES string of the molecule is CCOc1ccc(N2CCOCC2)cc1N. The Labute approximate surface area is 95.9 Å². The zero-order valence-corrected chi connectivity index (χ0v) is 9.61. The molecule has 88 valence electrons. The van der Waals surface area contributed by atoms with Crippen LogP contribution < -0.4 is 15.4 Å². The predicted molar refractivity (Wildman–Crippen MR) is 65.1 cm³/mol. The van der Waals surface area contributed by atoms with Crippen molar-refractivity contribution in [3.8, 4) is 5.75 Å². The van der Waals surface area contributed by atoms with Crippen molar-refractivity contribution in [1.29, 1.82) is 0 Å². The maximum Gasteiger partial charge on any atom is 0.142 e. The second-order valence-corrected chi connectivity index (χ2v) is 3.75. The van der Waals surface area contributed by atoms with Crippen LogP contribution in [0.3, 0.4) is 0 Å². The Morgan fingerprint density at radius 3 is 2.75 bits per heavy atom. The summed E-state index contributed by atoms with van der Waals surface area (Å²) in [6.45, 7) is 6.01. The minimum atomic E-state index is 0.640. The molecule has 4 heteroatoms. The second kappa shape index (κ2) is 5.07. The summed E-state index contributed by atoms with van der Waals surface area (Å²) in [5, 5.41) is 0. The van der Waals surface area contributed by atoms with Crippen LogP contribution >= 0.6 is 0 Å². The largest absolute Gasteiger partial charge is 0.492 e. The molecule has 1 fully saturated rings. The van der Waals surface area contributed by atoms with Crippen molar-refractivity contribution in [2.75, 3.05) is 43.5 Å². The molecule has 0 aliphatic carbocycles. The molecular weight excluding hydrogens is 204 g/mol. The van der Waals surface area contributed by atoms with E-state index in [9.17, 15) is 0 Å². The molecule has 2 N–H and O–H groups in total. The van der Waals surface area contributed by atoms with Gasteiger partial charge in [-0.15, -0.1) is 0 Å². The first-order chi connectivity index (χ1) is 7.81. The Morgan fingerprint density at radius 1 is 1.38 bits per heavy atom. The summed E-state index contributed by atoms with van der Waals surface area (Å²) in [6, 6.07) is 5.95. The van der Waals surface area contributed by atoms with Crippen molar-refractivity contribution in [2.24, 2.45) is 0 Å². The van der Waals surface area contributed by atoms with Crippen LogP contribution in [0.5, 0.6) is 5.75 Å². The van der Waals surface area contributed by atoms with Crippen LogP contribution in [0.1, 0.15) is 6.92 Å². The summed E-state index contributed by atoms with van der Waals surface area (Å²) >= 11 is 0. The van der Waals surface area contributed by atoms with Crippen LogP contribution in [0, 0.1) is 0 Å². The highest BCUT2D eigenvalue weighted by Crippen LogP contribution is 2.27. The van der Waals surface area contributed by atoms with Gasteiger partial charge in [0, 0.05) is 18.8 Å². The van der Waals surface area contributed by atoms with Gasteiger partial charge in [-0.3, -0.25) is 0 Å². The quantitative estimate of drug-likeness (QED) is 0.787. The van der Waals surface area contributed by atoms with Crippen molar-refractivity contribution < 1.29 is 9.47 Å². The normalized spacial score (nSPS) is 16.2. The number of rotatable bonds is 3. The lowest BCUT2D eigenvalue weighted by atomic mass is 10.2. The highest BCUT2D eigenvalue weighted by atomic mass is 16.5. The van der Waals surface area contributed by atoms with Crippen LogP contribution in [0.4, 0.5) is 11.4 Å². The number of hydrogen-bond acceptors (Lipinski definition) is 4. The fourth-order valence-corrected chi connectivity index (χ4v) is 1.84. The van der Waals surface area contributed by atoms with E-state index in [1.807, 2.05) is 25.1 Å². The molecule has 0 unspecified atom stereocenters. The number of nitrogens with two attached hydrogens (primary N) is 1. The molecule has 1 aromatic rings. The standard InChI is InChI=1S/C12H18N2O2/c1-2-16-12-4-3-10(9-11(12)13)14-5-7-15-8-6-14/h3-4,9H,2,5-8,13H2,1H3. The summed E-state index contributed by atoms with van der Waals surface area (Å²) in [6.07, 6.45) is 0. The van der Waals surface area contributed by atoms with Crippen LogP contribution in [0.15, 0.2) is 18.2 Å². The van der Waals surface area contributed by atoms with E-state index in [1.54, 1.807) is 0 Å². The molecule has 1 saturated heterocycles. The molecular formula is C12H18N2O2. The fraction of sp³-hybridized carbons (Fsp3) is 0.500.